The van der Waals surface area contributed by atoms with Gasteiger partial charge in [0.1, 0.15) is 29.0 Å². The quantitative estimate of drug-likeness (QED) is 0.579. The molecule has 2 aromatic heterocycles. The maximum Gasteiger partial charge on any atom is 0.144 e. The van der Waals surface area contributed by atoms with E-state index >= 15 is 0 Å². The number of fused-ring (bicyclic) bond motifs is 3. The van der Waals surface area contributed by atoms with Crippen LogP contribution in [0.5, 0.6) is 0 Å². The Morgan fingerprint density at radius 2 is 2.03 bits per heavy atom. The molecule has 2 aliphatic rings. The van der Waals surface area contributed by atoms with E-state index in [-0.39, 0.29) is 24.1 Å². The third-order valence-electron chi connectivity index (χ3n) is 5.69. The first-order valence-corrected chi connectivity index (χ1v) is 10.3. The van der Waals surface area contributed by atoms with Crippen molar-refractivity contribution in [3.05, 3.63) is 52.9 Å². The van der Waals surface area contributed by atoms with Crippen LogP contribution in [0, 0.1) is 25.5 Å². The van der Waals surface area contributed by atoms with Crippen LogP contribution in [0.4, 0.5) is 26.0 Å². The van der Waals surface area contributed by atoms with Gasteiger partial charge < -0.3 is 20.1 Å². The summed E-state index contributed by atoms with van der Waals surface area (Å²) in [5.41, 5.74) is 3.42. The van der Waals surface area contributed by atoms with Gasteiger partial charge in [0.15, 0.2) is 0 Å². The molecule has 0 saturated carbocycles. The lowest BCUT2D eigenvalue weighted by molar-refractivity contribution is 0.00336. The minimum atomic E-state index is -0.715. The molecule has 1 atom stereocenters. The predicted octanol–water partition coefficient (Wildman–Crippen LogP) is 3.07. The van der Waals surface area contributed by atoms with E-state index in [0.29, 0.717) is 59.5 Å². The van der Waals surface area contributed by atoms with Crippen molar-refractivity contribution in [3.8, 4) is 11.3 Å². The number of anilines is 2. The number of morpholine rings is 1. The number of hydrogen-bond acceptors (Lipinski definition) is 7. The van der Waals surface area contributed by atoms with Gasteiger partial charge in [0.25, 0.3) is 0 Å². The molecule has 32 heavy (non-hydrogen) atoms. The maximum atomic E-state index is 14.6. The summed E-state index contributed by atoms with van der Waals surface area (Å²) >= 11 is 0. The fourth-order valence-corrected chi connectivity index (χ4v) is 4.05. The van der Waals surface area contributed by atoms with Crippen LogP contribution >= 0.6 is 0 Å². The highest BCUT2D eigenvalue weighted by atomic mass is 19.1. The first-order chi connectivity index (χ1) is 15.5. The number of rotatable bonds is 3. The summed E-state index contributed by atoms with van der Waals surface area (Å²) < 4.78 is 34.7. The van der Waals surface area contributed by atoms with Crippen LogP contribution in [-0.4, -0.2) is 58.5 Å². The van der Waals surface area contributed by atoms with Crippen molar-refractivity contribution in [1.82, 2.24) is 15.2 Å². The number of pyridine rings is 1. The Morgan fingerprint density at radius 1 is 1.25 bits per heavy atom. The summed E-state index contributed by atoms with van der Waals surface area (Å²) in [6.45, 7) is 5.15. The lowest BCUT2D eigenvalue weighted by Gasteiger charge is -2.33. The van der Waals surface area contributed by atoms with Crippen molar-refractivity contribution in [2.75, 3.05) is 36.5 Å². The molecule has 1 fully saturated rings. The highest BCUT2D eigenvalue weighted by Crippen LogP contribution is 2.42. The second kappa shape index (κ2) is 7.95. The molecule has 0 spiro atoms. The molecule has 3 N–H and O–H groups in total. The zero-order valence-corrected chi connectivity index (χ0v) is 17.6. The van der Waals surface area contributed by atoms with Crippen LogP contribution in [0.1, 0.15) is 17.0 Å². The van der Waals surface area contributed by atoms with Gasteiger partial charge in [-0.15, -0.1) is 0 Å². The fraction of sp³-hybridized carbons (Fsp3) is 0.318. The van der Waals surface area contributed by atoms with Crippen LogP contribution in [0.15, 0.2) is 29.3 Å². The zero-order valence-electron chi connectivity index (χ0n) is 17.6. The maximum absolute atomic E-state index is 14.6. The second-order valence-electron chi connectivity index (χ2n) is 7.84. The Labute approximate surface area is 183 Å². The van der Waals surface area contributed by atoms with Crippen LogP contribution in [0.2, 0.25) is 0 Å². The van der Waals surface area contributed by atoms with Crippen molar-refractivity contribution in [1.29, 1.82) is 0 Å². The fourth-order valence-electron chi connectivity index (χ4n) is 4.05. The SMILES string of the molecule is Cc1nc(N2CCO[C@@H](CO)C2)cc2c1N=C(c1c(F)cccc1F)Nc1c-2n[nH]c1C. The summed E-state index contributed by atoms with van der Waals surface area (Å²) in [5.74, 6) is -0.680. The number of aryl methyl sites for hydroxylation is 2. The molecular formula is C22H22F2N6O2. The molecule has 0 amide bonds. The van der Waals surface area contributed by atoms with Gasteiger partial charge in [0.2, 0.25) is 0 Å². The Hall–Kier alpha value is -3.37. The first kappa shape index (κ1) is 20.5. The van der Waals surface area contributed by atoms with Gasteiger partial charge >= 0.3 is 0 Å². The molecule has 5 rings (SSSR count). The average molecular weight is 440 g/mol. The number of aliphatic hydroxyl groups excluding tert-OH is 1. The van der Waals surface area contributed by atoms with Gasteiger partial charge in [-0.05, 0) is 32.0 Å². The third kappa shape index (κ3) is 3.41. The summed E-state index contributed by atoms with van der Waals surface area (Å²) in [6, 6.07) is 5.57. The monoisotopic (exact) mass is 440 g/mol. The number of aliphatic imine (C=N–C) groups is 1. The number of nitrogens with one attached hydrogen (secondary N) is 2. The topological polar surface area (TPSA) is 98.7 Å². The number of ether oxygens (including phenoxy) is 1. The number of H-pyrrole nitrogens is 1. The number of nitrogens with zero attached hydrogens (tertiary/aromatic N) is 4. The van der Waals surface area contributed by atoms with E-state index in [1.54, 1.807) is 6.92 Å². The highest BCUT2D eigenvalue weighted by molar-refractivity contribution is 6.14. The zero-order chi connectivity index (χ0) is 22.4. The molecule has 10 heteroatoms. The molecule has 3 aromatic rings. The van der Waals surface area contributed by atoms with E-state index < -0.39 is 11.6 Å². The van der Waals surface area contributed by atoms with E-state index in [1.807, 2.05) is 17.9 Å². The average Bonchev–Trinajstić information content (AvgIpc) is 3.05. The smallest absolute Gasteiger partial charge is 0.144 e. The van der Waals surface area contributed by atoms with Crippen molar-refractivity contribution in [3.63, 3.8) is 0 Å². The van der Waals surface area contributed by atoms with E-state index in [9.17, 15) is 13.9 Å². The number of halogens is 2. The van der Waals surface area contributed by atoms with Gasteiger partial charge in [-0.2, -0.15) is 5.10 Å². The molecule has 2 aliphatic heterocycles. The Kier molecular flexibility index (Phi) is 5.10. The normalized spacial score (nSPS) is 17.8. The Bertz CT molecular complexity index is 1210. The van der Waals surface area contributed by atoms with Gasteiger partial charge in [0.05, 0.1) is 47.6 Å². The molecule has 0 bridgehead atoms. The molecule has 4 heterocycles. The van der Waals surface area contributed by atoms with Gasteiger partial charge in [-0.25, -0.2) is 18.8 Å². The van der Waals surface area contributed by atoms with Gasteiger partial charge in [-0.1, -0.05) is 6.07 Å². The van der Waals surface area contributed by atoms with Gasteiger partial charge in [0, 0.05) is 18.7 Å². The molecule has 8 nitrogen and oxygen atoms in total. The van der Waals surface area contributed by atoms with E-state index in [2.05, 4.69) is 20.5 Å². The largest absolute Gasteiger partial charge is 0.394 e. The number of aliphatic hydroxyl groups is 1. The van der Waals surface area contributed by atoms with E-state index in [4.69, 9.17) is 9.72 Å². The third-order valence-corrected chi connectivity index (χ3v) is 5.69. The highest BCUT2D eigenvalue weighted by Gasteiger charge is 2.28. The van der Waals surface area contributed by atoms with Crippen LogP contribution in [-0.2, 0) is 4.74 Å². The predicted molar refractivity (Wildman–Crippen MR) is 117 cm³/mol. The minimum absolute atomic E-state index is 0.0504. The molecular weight excluding hydrogens is 418 g/mol. The molecule has 1 saturated heterocycles. The standard InChI is InChI=1S/C22H22F2N6O2/c1-11-19-14(8-17(25-11)30-6-7-32-13(9-30)10-31)21-20(12(2)28-29-21)27-22(26-19)18-15(23)4-3-5-16(18)24/h3-5,8,13,31H,6-7,9-10H2,1-2H3,(H,26,27)(H,28,29)/t13-/m1/s1. The summed E-state index contributed by atoms with van der Waals surface area (Å²) in [5, 5.41) is 19.9. The lowest BCUT2D eigenvalue weighted by Crippen LogP contribution is -2.44. The number of aromatic amines is 1. The van der Waals surface area contributed by atoms with E-state index in [1.165, 1.54) is 18.2 Å². The lowest BCUT2D eigenvalue weighted by atomic mass is 10.1. The molecule has 0 unspecified atom stereocenters. The van der Waals surface area contributed by atoms with Crippen molar-refractivity contribution >= 4 is 23.0 Å². The molecule has 166 valence electrons. The van der Waals surface area contributed by atoms with Crippen molar-refractivity contribution in [2.45, 2.75) is 20.0 Å². The van der Waals surface area contributed by atoms with E-state index in [0.717, 1.165) is 0 Å². The first-order valence-electron chi connectivity index (χ1n) is 10.3. The second-order valence-corrected chi connectivity index (χ2v) is 7.84. The van der Waals surface area contributed by atoms with Crippen molar-refractivity contribution in [2.24, 2.45) is 4.99 Å². The van der Waals surface area contributed by atoms with Crippen LogP contribution in [0.3, 0.4) is 0 Å². The van der Waals surface area contributed by atoms with Crippen LogP contribution < -0.4 is 10.2 Å². The van der Waals surface area contributed by atoms with Crippen molar-refractivity contribution < 1.29 is 18.6 Å². The summed E-state index contributed by atoms with van der Waals surface area (Å²) in [7, 11) is 0. The number of aromatic nitrogens is 3. The number of benzene rings is 1. The summed E-state index contributed by atoms with van der Waals surface area (Å²) in [4.78, 5) is 11.3. The molecule has 0 aliphatic carbocycles. The minimum Gasteiger partial charge on any atom is -0.394 e. The molecule has 0 radical (unpaired) electrons. The summed E-state index contributed by atoms with van der Waals surface area (Å²) in [6.07, 6.45) is -0.289. The Balaban J connectivity index is 1.69. The Morgan fingerprint density at radius 3 is 2.78 bits per heavy atom. The number of hydrogen-bond donors (Lipinski definition) is 3. The number of amidine groups is 1. The van der Waals surface area contributed by atoms with Gasteiger partial charge in [-0.3, -0.25) is 5.10 Å². The van der Waals surface area contributed by atoms with Crippen LogP contribution in [0.25, 0.3) is 11.3 Å². The molecule has 1 aromatic carbocycles.